The Morgan fingerprint density at radius 1 is 1.25 bits per heavy atom. The number of hydrogen-bond acceptors (Lipinski definition) is 2. The lowest BCUT2D eigenvalue weighted by Gasteiger charge is -2.31. The summed E-state index contributed by atoms with van der Waals surface area (Å²) < 4.78 is 0. The van der Waals surface area contributed by atoms with E-state index in [2.05, 4.69) is 19.2 Å². The lowest BCUT2D eigenvalue weighted by Crippen LogP contribution is -2.44. The molecule has 1 unspecified atom stereocenters. The van der Waals surface area contributed by atoms with Gasteiger partial charge in [-0.25, -0.2) is 0 Å². The van der Waals surface area contributed by atoms with Gasteiger partial charge in [0.25, 0.3) is 0 Å². The number of nitrogens with zero attached hydrogens (tertiary/aromatic N) is 1. The topological polar surface area (TPSA) is 49.4 Å². The van der Waals surface area contributed by atoms with E-state index in [1.54, 1.807) is 6.08 Å². The Labute approximate surface area is 144 Å². The summed E-state index contributed by atoms with van der Waals surface area (Å²) in [6.07, 6.45) is 7.04. The quantitative estimate of drug-likeness (QED) is 0.815. The zero-order chi connectivity index (χ0) is 17.4. The van der Waals surface area contributed by atoms with E-state index < -0.39 is 0 Å². The van der Waals surface area contributed by atoms with Gasteiger partial charge in [-0.15, -0.1) is 0 Å². The Hall–Kier alpha value is -2.10. The first-order chi connectivity index (χ1) is 11.6. The highest BCUT2D eigenvalue weighted by Crippen LogP contribution is 2.18. The first-order valence-corrected chi connectivity index (χ1v) is 8.92. The number of carbonyl (C=O) groups is 2. The molecule has 1 aromatic carbocycles. The van der Waals surface area contributed by atoms with Crippen molar-refractivity contribution in [3.63, 3.8) is 0 Å². The molecule has 1 atom stereocenters. The summed E-state index contributed by atoms with van der Waals surface area (Å²) in [7, 11) is 0. The van der Waals surface area contributed by atoms with Crippen LogP contribution in [0.3, 0.4) is 0 Å². The molecular weight excluding hydrogens is 300 g/mol. The number of amides is 2. The highest BCUT2D eigenvalue weighted by atomic mass is 16.2. The molecule has 0 aromatic heterocycles. The van der Waals surface area contributed by atoms with Crippen LogP contribution in [0.4, 0.5) is 0 Å². The van der Waals surface area contributed by atoms with Crippen molar-refractivity contribution in [2.24, 2.45) is 5.92 Å². The highest BCUT2D eigenvalue weighted by Gasteiger charge is 2.27. The van der Waals surface area contributed by atoms with Crippen LogP contribution in [0.1, 0.15) is 45.1 Å². The Kier molecular flexibility index (Phi) is 7.04. The van der Waals surface area contributed by atoms with Gasteiger partial charge >= 0.3 is 0 Å². The molecule has 4 nitrogen and oxygen atoms in total. The smallest absolute Gasteiger partial charge is 0.246 e. The number of carbonyl (C=O) groups excluding carboxylic acids is 2. The molecule has 0 spiro atoms. The number of nitrogens with one attached hydrogen (secondary N) is 1. The van der Waals surface area contributed by atoms with Crippen LogP contribution < -0.4 is 5.32 Å². The molecule has 1 heterocycles. The summed E-state index contributed by atoms with van der Waals surface area (Å²) in [5.41, 5.74) is 1.02. The van der Waals surface area contributed by atoms with E-state index in [0.717, 1.165) is 31.2 Å². The first kappa shape index (κ1) is 18.2. The van der Waals surface area contributed by atoms with Crippen molar-refractivity contribution >= 4 is 17.9 Å². The van der Waals surface area contributed by atoms with E-state index >= 15 is 0 Å². The molecule has 1 fully saturated rings. The third-order valence-corrected chi connectivity index (χ3v) is 4.51. The molecule has 1 aliphatic rings. The Morgan fingerprint density at radius 3 is 2.54 bits per heavy atom. The summed E-state index contributed by atoms with van der Waals surface area (Å²) in [6, 6.07) is 10.0. The minimum absolute atomic E-state index is 0.0251. The SMILES string of the molecule is CCCC(C)NC(=O)C1CCN(C(=O)/C=C/c2ccccc2)CC1. The maximum Gasteiger partial charge on any atom is 0.246 e. The second-order valence-corrected chi connectivity index (χ2v) is 6.54. The molecule has 24 heavy (non-hydrogen) atoms. The van der Waals surface area contributed by atoms with Gasteiger partial charge in [-0.1, -0.05) is 43.7 Å². The molecule has 2 rings (SSSR count). The van der Waals surface area contributed by atoms with Gasteiger partial charge in [0.1, 0.15) is 0 Å². The van der Waals surface area contributed by atoms with Crippen LogP contribution in [0.25, 0.3) is 6.08 Å². The van der Waals surface area contributed by atoms with E-state index in [0.29, 0.717) is 13.1 Å². The van der Waals surface area contributed by atoms with Crippen molar-refractivity contribution in [1.82, 2.24) is 10.2 Å². The van der Waals surface area contributed by atoms with Crippen LogP contribution in [0.2, 0.25) is 0 Å². The molecule has 0 saturated carbocycles. The van der Waals surface area contributed by atoms with E-state index in [1.165, 1.54) is 0 Å². The van der Waals surface area contributed by atoms with Crippen LogP contribution in [0.5, 0.6) is 0 Å². The average Bonchev–Trinajstić information content (AvgIpc) is 2.61. The monoisotopic (exact) mass is 328 g/mol. The summed E-state index contributed by atoms with van der Waals surface area (Å²) in [4.78, 5) is 26.3. The number of hydrogen-bond donors (Lipinski definition) is 1. The fraction of sp³-hybridized carbons (Fsp3) is 0.500. The fourth-order valence-corrected chi connectivity index (χ4v) is 3.07. The highest BCUT2D eigenvalue weighted by molar-refractivity contribution is 5.92. The zero-order valence-corrected chi connectivity index (χ0v) is 14.7. The summed E-state index contributed by atoms with van der Waals surface area (Å²) >= 11 is 0. The third kappa shape index (κ3) is 5.52. The minimum Gasteiger partial charge on any atom is -0.353 e. The second kappa shape index (κ2) is 9.26. The van der Waals surface area contributed by atoms with Crippen LogP contribution in [-0.2, 0) is 9.59 Å². The Morgan fingerprint density at radius 2 is 1.92 bits per heavy atom. The molecule has 0 aliphatic carbocycles. The second-order valence-electron chi connectivity index (χ2n) is 6.54. The van der Waals surface area contributed by atoms with Gasteiger partial charge in [0.2, 0.25) is 11.8 Å². The van der Waals surface area contributed by atoms with Gasteiger partial charge in [0, 0.05) is 31.1 Å². The van der Waals surface area contributed by atoms with Crippen molar-refractivity contribution in [2.75, 3.05) is 13.1 Å². The Bertz CT molecular complexity index is 560. The largest absolute Gasteiger partial charge is 0.353 e. The number of likely N-dealkylation sites (tertiary alicyclic amines) is 1. The molecule has 0 radical (unpaired) electrons. The van der Waals surface area contributed by atoms with Crippen LogP contribution in [-0.4, -0.2) is 35.8 Å². The van der Waals surface area contributed by atoms with Crippen LogP contribution >= 0.6 is 0 Å². The van der Waals surface area contributed by atoms with Gasteiger partial charge in [-0.05, 0) is 37.8 Å². The maximum absolute atomic E-state index is 12.2. The van der Waals surface area contributed by atoms with Crippen LogP contribution in [0, 0.1) is 5.92 Å². The number of rotatable bonds is 6. The lowest BCUT2D eigenvalue weighted by molar-refractivity contribution is -0.132. The van der Waals surface area contributed by atoms with E-state index in [1.807, 2.05) is 41.3 Å². The Balaban J connectivity index is 1.78. The third-order valence-electron chi connectivity index (χ3n) is 4.51. The summed E-state index contributed by atoms with van der Waals surface area (Å²) in [6.45, 7) is 5.47. The lowest BCUT2D eigenvalue weighted by atomic mass is 9.95. The molecule has 0 bridgehead atoms. The van der Waals surface area contributed by atoms with E-state index in [-0.39, 0.29) is 23.8 Å². The van der Waals surface area contributed by atoms with Crippen molar-refractivity contribution in [2.45, 2.75) is 45.6 Å². The maximum atomic E-state index is 12.2. The molecule has 1 saturated heterocycles. The molecular formula is C20H28N2O2. The van der Waals surface area contributed by atoms with Crippen molar-refractivity contribution in [1.29, 1.82) is 0 Å². The van der Waals surface area contributed by atoms with Crippen molar-refractivity contribution in [3.05, 3.63) is 42.0 Å². The van der Waals surface area contributed by atoms with E-state index in [9.17, 15) is 9.59 Å². The zero-order valence-electron chi connectivity index (χ0n) is 14.7. The minimum atomic E-state index is 0.0251. The average molecular weight is 328 g/mol. The number of benzene rings is 1. The molecule has 1 N–H and O–H groups in total. The van der Waals surface area contributed by atoms with Gasteiger partial charge in [-0.3, -0.25) is 9.59 Å². The molecule has 1 aliphatic heterocycles. The van der Waals surface area contributed by atoms with Crippen molar-refractivity contribution in [3.8, 4) is 0 Å². The van der Waals surface area contributed by atoms with Gasteiger partial charge < -0.3 is 10.2 Å². The van der Waals surface area contributed by atoms with E-state index in [4.69, 9.17) is 0 Å². The standard InChI is InChI=1S/C20H28N2O2/c1-3-7-16(2)21-20(24)18-12-14-22(15-13-18)19(23)11-10-17-8-5-4-6-9-17/h4-6,8-11,16,18H,3,7,12-15H2,1-2H3,(H,21,24)/b11-10+. The predicted molar refractivity (Wildman–Crippen MR) is 97.3 cm³/mol. The summed E-state index contributed by atoms with van der Waals surface area (Å²) in [5, 5.41) is 3.08. The number of piperidine rings is 1. The fourth-order valence-electron chi connectivity index (χ4n) is 3.07. The van der Waals surface area contributed by atoms with Gasteiger partial charge in [0.15, 0.2) is 0 Å². The molecule has 1 aromatic rings. The van der Waals surface area contributed by atoms with Gasteiger partial charge in [0.05, 0.1) is 0 Å². The summed E-state index contributed by atoms with van der Waals surface area (Å²) in [5.74, 6) is 0.200. The first-order valence-electron chi connectivity index (χ1n) is 8.92. The molecule has 2 amide bonds. The molecule has 4 heteroatoms. The predicted octanol–water partition coefficient (Wildman–Crippen LogP) is 3.24. The normalized spacial score (nSPS) is 17.0. The van der Waals surface area contributed by atoms with Gasteiger partial charge in [-0.2, -0.15) is 0 Å². The van der Waals surface area contributed by atoms with Crippen molar-refractivity contribution < 1.29 is 9.59 Å². The molecule has 130 valence electrons. The van der Waals surface area contributed by atoms with Crippen LogP contribution in [0.15, 0.2) is 36.4 Å².